The van der Waals surface area contributed by atoms with Gasteiger partial charge in [-0.05, 0) is 74.2 Å². The van der Waals surface area contributed by atoms with Gasteiger partial charge in [0.25, 0.3) is 0 Å². The molecule has 26 heavy (non-hydrogen) atoms. The van der Waals surface area contributed by atoms with Crippen molar-refractivity contribution < 1.29 is 14.6 Å². The van der Waals surface area contributed by atoms with Crippen LogP contribution in [0.3, 0.4) is 0 Å². The molecule has 0 aromatic heterocycles. The van der Waals surface area contributed by atoms with E-state index in [1.165, 1.54) is 32.4 Å². The molecule has 0 spiro atoms. The average Bonchev–Trinajstić information content (AvgIpc) is 3.41. The molecule has 4 rings (SSSR count). The number of piperidine rings is 1. The maximum absolute atomic E-state index is 12.0. The fraction of sp³-hybridized carbons (Fsp3) is 0.667. The van der Waals surface area contributed by atoms with E-state index in [1.54, 1.807) is 4.90 Å². The fourth-order valence-electron chi connectivity index (χ4n) is 4.43. The number of nitrogens with one attached hydrogen (secondary N) is 1. The van der Waals surface area contributed by atoms with Crippen molar-refractivity contribution in [3.8, 4) is 5.75 Å². The van der Waals surface area contributed by atoms with Crippen LogP contribution in [-0.4, -0.2) is 54.8 Å². The van der Waals surface area contributed by atoms with E-state index in [0.717, 1.165) is 42.1 Å². The molecular weight excluding hydrogens is 328 g/mol. The van der Waals surface area contributed by atoms with E-state index in [4.69, 9.17) is 4.74 Å². The number of amides is 1. The van der Waals surface area contributed by atoms with Gasteiger partial charge in [-0.15, -0.1) is 0 Å². The van der Waals surface area contributed by atoms with Crippen LogP contribution in [0, 0.1) is 17.8 Å². The number of aliphatic hydroxyl groups is 1. The summed E-state index contributed by atoms with van der Waals surface area (Å²) in [5.41, 5.74) is 0.997. The monoisotopic (exact) mass is 358 g/mol. The lowest BCUT2D eigenvalue weighted by Crippen LogP contribution is -2.53. The topological polar surface area (TPSA) is 61.8 Å². The SMILES string of the molecule is O=C(Cc1ccc(OCCC2CC2C2CCNCC2)cc1)N1CC(O)C1. The highest BCUT2D eigenvalue weighted by molar-refractivity contribution is 5.79. The summed E-state index contributed by atoms with van der Waals surface area (Å²) in [6.45, 7) is 4.12. The van der Waals surface area contributed by atoms with Gasteiger partial charge in [-0.2, -0.15) is 0 Å². The second kappa shape index (κ2) is 7.97. The van der Waals surface area contributed by atoms with Gasteiger partial charge in [0, 0.05) is 13.1 Å². The van der Waals surface area contributed by atoms with Crippen LogP contribution in [0.4, 0.5) is 0 Å². The molecule has 2 saturated heterocycles. The summed E-state index contributed by atoms with van der Waals surface area (Å²) >= 11 is 0. The first-order valence-corrected chi connectivity index (χ1v) is 10.1. The Morgan fingerprint density at radius 2 is 1.92 bits per heavy atom. The maximum Gasteiger partial charge on any atom is 0.227 e. The molecule has 1 aromatic carbocycles. The number of rotatable bonds is 7. The molecule has 5 nitrogen and oxygen atoms in total. The molecule has 0 radical (unpaired) electrons. The summed E-state index contributed by atoms with van der Waals surface area (Å²) in [6, 6.07) is 7.87. The zero-order valence-electron chi connectivity index (χ0n) is 15.4. The van der Waals surface area contributed by atoms with E-state index in [-0.39, 0.29) is 12.0 Å². The van der Waals surface area contributed by atoms with Crippen molar-refractivity contribution in [1.82, 2.24) is 10.2 Å². The lowest BCUT2D eigenvalue weighted by molar-refractivity contribution is -0.140. The summed E-state index contributed by atoms with van der Waals surface area (Å²) in [4.78, 5) is 13.7. The first-order chi connectivity index (χ1) is 12.7. The molecule has 5 heteroatoms. The highest BCUT2D eigenvalue weighted by Crippen LogP contribution is 2.49. The van der Waals surface area contributed by atoms with Gasteiger partial charge in [-0.25, -0.2) is 0 Å². The minimum absolute atomic E-state index is 0.0849. The molecule has 2 aliphatic heterocycles. The van der Waals surface area contributed by atoms with E-state index in [2.05, 4.69) is 5.32 Å². The van der Waals surface area contributed by atoms with Crippen molar-refractivity contribution >= 4 is 5.91 Å². The smallest absolute Gasteiger partial charge is 0.227 e. The van der Waals surface area contributed by atoms with Gasteiger partial charge < -0.3 is 20.1 Å². The third-order valence-corrected chi connectivity index (χ3v) is 6.22. The Bertz CT molecular complexity index is 606. The van der Waals surface area contributed by atoms with Crippen molar-refractivity contribution in [2.24, 2.45) is 17.8 Å². The molecule has 142 valence electrons. The minimum atomic E-state index is -0.337. The first kappa shape index (κ1) is 17.8. The molecule has 1 amide bonds. The van der Waals surface area contributed by atoms with Gasteiger partial charge >= 0.3 is 0 Å². The number of β-amino-alcohol motifs (C(OH)–C–C–N with tert-alkyl or cyclic N) is 1. The van der Waals surface area contributed by atoms with Crippen LogP contribution >= 0.6 is 0 Å². The van der Waals surface area contributed by atoms with Gasteiger partial charge in [0.1, 0.15) is 5.75 Å². The third-order valence-electron chi connectivity index (χ3n) is 6.22. The molecule has 1 aromatic rings. The molecule has 2 atom stereocenters. The second-order valence-electron chi connectivity index (χ2n) is 8.16. The van der Waals surface area contributed by atoms with Crippen molar-refractivity contribution in [3.63, 3.8) is 0 Å². The highest BCUT2D eigenvalue weighted by Gasteiger charge is 2.42. The second-order valence-corrected chi connectivity index (χ2v) is 8.16. The summed E-state index contributed by atoms with van der Waals surface area (Å²) in [5.74, 6) is 3.71. The van der Waals surface area contributed by atoms with Crippen LogP contribution in [-0.2, 0) is 11.2 Å². The number of likely N-dealkylation sites (tertiary alicyclic amines) is 1. The predicted molar refractivity (Wildman–Crippen MR) is 100 cm³/mol. The largest absolute Gasteiger partial charge is 0.494 e. The number of hydrogen-bond donors (Lipinski definition) is 2. The zero-order valence-corrected chi connectivity index (χ0v) is 15.4. The Morgan fingerprint density at radius 1 is 1.19 bits per heavy atom. The van der Waals surface area contributed by atoms with Crippen molar-refractivity contribution in [2.75, 3.05) is 32.8 Å². The third kappa shape index (κ3) is 4.38. The van der Waals surface area contributed by atoms with Crippen LogP contribution in [0.2, 0.25) is 0 Å². The summed E-state index contributed by atoms with van der Waals surface area (Å²) in [5, 5.41) is 12.7. The predicted octanol–water partition coefficient (Wildman–Crippen LogP) is 1.84. The Labute approximate surface area is 155 Å². The number of nitrogens with zero attached hydrogens (tertiary/aromatic N) is 1. The molecule has 1 saturated carbocycles. The number of hydrogen-bond acceptors (Lipinski definition) is 4. The minimum Gasteiger partial charge on any atom is -0.494 e. The molecule has 0 bridgehead atoms. The number of ether oxygens (including phenoxy) is 1. The van der Waals surface area contributed by atoms with E-state index in [9.17, 15) is 9.90 Å². The Balaban J connectivity index is 1.15. The van der Waals surface area contributed by atoms with E-state index >= 15 is 0 Å². The fourth-order valence-corrected chi connectivity index (χ4v) is 4.43. The van der Waals surface area contributed by atoms with Crippen LogP contribution in [0.25, 0.3) is 0 Å². The molecule has 3 aliphatic rings. The van der Waals surface area contributed by atoms with Crippen LogP contribution in [0.5, 0.6) is 5.75 Å². The molecule has 3 fully saturated rings. The Morgan fingerprint density at radius 3 is 2.62 bits per heavy atom. The van der Waals surface area contributed by atoms with Crippen molar-refractivity contribution in [3.05, 3.63) is 29.8 Å². The molecule has 2 heterocycles. The lowest BCUT2D eigenvalue weighted by Gasteiger charge is -2.35. The van der Waals surface area contributed by atoms with E-state index < -0.39 is 0 Å². The van der Waals surface area contributed by atoms with E-state index in [0.29, 0.717) is 19.5 Å². The Hall–Kier alpha value is -1.59. The quantitative estimate of drug-likeness (QED) is 0.781. The summed E-state index contributed by atoms with van der Waals surface area (Å²) in [6.07, 6.45) is 5.30. The average molecular weight is 358 g/mol. The maximum atomic E-state index is 12.0. The summed E-state index contributed by atoms with van der Waals surface area (Å²) in [7, 11) is 0. The highest BCUT2D eigenvalue weighted by atomic mass is 16.5. The lowest BCUT2D eigenvalue weighted by atomic mass is 9.91. The normalized spacial score (nSPS) is 26.4. The van der Waals surface area contributed by atoms with Crippen molar-refractivity contribution in [1.29, 1.82) is 0 Å². The summed E-state index contributed by atoms with van der Waals surface area (Å²) < 4.78 is 5.91. The van der Waals surface area contributed by atoms with Gasteiger partial charge in [0.2, 0.25) is 5.91 Å². The van der Waals surface area contributed by atoms with Gasteiger partial charge in [0.05, 0.1) is 19.1 Å². The molecule has 1 aliphatic carbocycles. The molecule has 2 unspecified atom stereocenters. The standard InChI is InChI=1S/C21H30N2O3/c24-18-13-23(14-18)21(25)11-15-1-3-19(4-2-15)26-10-7-17-12-20(17)16-5-8-22-9-6-16/h1-4,16-18,20,22,24H,5-14H2. The number of aliphatic hydroxyl groups excluding tert-OH is 1. The van der Waals surface area contributed by atoms with Crippen LogP contribution < -0.4 is 10.1 Å². The Kier molecular flexibility index (Phi) is 5.46. The molecular formula is C21H30N2O3. The van der Waals surface area contributed by atoms with Gasteiger partial charge in [-0.1, -0.05) is 12.1 Å². The van der Waals surface area contributed by atoms with Gasteiger partial charge in [-0.3, -0.25) is 4.79 Å². The van der Waals surface area contributed by atoms with Crippen LogP contribution in [0.1, 0.15) is 31.2 Å². The van der Waals surface area contributed by atoms with E-state index in [1.807, 2.05) is 24.3 Å². The first-order valence-electron chi connectivity index (χ1n) is 10.1. The number of benzene rings is 1. The van der Waals surface area contributed by atoms with Crippen LogP contribution in [0.15, 0.2) is 24.3 Å². The zero-order chi connectivity index (χ0) is 17.9. The van der Waals surface area contributed by atoms with Gasteiger partial charge in [0.15, 0.2) is 0 Å². The van der Waals surface area contributed by atoms with Crippen molar-refractivity contribution in [2.45, 2.75) is 38.2 Å². The molecule has 2 N–H and O–H groups in total. The number of carbonyl (C=O) groups excluding carboxylic acids is 1. The number of carbonyl (C=O) groups is 1.